The van der Waals surface area contributed by atoms with Crippen LogP contribution in [-0.2, 0) is 6.54 Å². The summed E-state index contributed by atoms with van der Waals surface area (Å²) in [5.74, 6) is -0.840. The fourth-order valence-electron chi connectivity index (χ4n) is 2.16. The molecular formula is C15H10ClF2N. The number of aromatic nitrogens is 1. The van der Waals surface area contributed by atoms with E-state index < -0.39 is 11.6 Å². The van der Waals surface area contributed by atoms with Crippen LogP contribution in [0.2, 0.25) is 5.02 Å². The molecule has 0 saturated carbocycles. The quantitative estimate of drug-likeness (QED) is 0.644. The lowest BCUT2D eigenvalue weighted by atomic mass is 10.2. The van der Waals surface area contributed by atoms with Gasteiger partial charge in [-0.2, -0.15) is 0 Å². The van der Waals surface area contributed by atoms with E-state index in [1.807, 2.05) is 29.0 Å². The molecule has 1 aromatic heterocycles. The van der Waals surface area contributed by atoms with Crippen LogP contribution in [0, 0.1) is 11.6 Å². The molecule has 3 aromatic rings. The smallest absolute Gasteiger partial charge is 0.128 e. The van der Waals surface area contributed by atoms with Gasteiger partial charge in [0, 0.05) is 27.7 Å². The average molecular weight is 278 g/mol. The maximum atomic E-state index is 13.6. The van der Waals surface area contributed by atoms with Crippen LogP contribution in [-0.4, -0.2) is 4.57 Å². The van der Waals surface area contributed by atoms with Crippen LogP contribution in [0.25, 0.3) is 10.9 Å². The van der Waals surface area contributed by atoms with E-state index in [2.05, 4.69) is 0 Å². The van der Waals surface area contributed by atoms with Crippen molar-refractivity contribution in [3.63, 3.8) is 0 Å². The highest BCUT2D eigenvalue weighted by atomic mass is 35.5. The second kappa shape index (κ2) is 4.67. The van der Waals surface area contributed by atoms with Gasteiger partial charge >= 0.3 is 0 Å². The van der Waals surface area contributed by atoms with Crippen LogP contribution in [0.3, 0.4) is 0 Å². The number of benzene rings is 2. The topological polar surface area (TPSA) is 4.93 Å². The summed E-state index contributed by atoms with van der Waals surface area (Å²) in [6.45, 7) is 0.286. The van der Waals surface area contributed by atoms with Crippen molar-refractivity contribution in [3.8, 4) is 0 Å². The van der Waals surface area contributed by atoms with Crippen LogP contribution in [0.15, 0.2) is 48.7 Å². The number of rotatable bonds is 2. The lowest BCUT2D eigenvalue weighted by Crippen LogP contribution is -2.01. The molecule has 0 amide bonds. The molecule has 0 aliphatic rings. The van der Waals surface area contributed by atoms with Crippen molar-refractivity contribution in [2.45, 2.75) is 6.54 Å². The molecule has 0 aliphatic carbocycles. The summed E-state index contributed by atoms with van der Waals surface area (Å²) in [5, 5.41) is 1.63. The minimum absolute atomic E-state index is 0.286. The van der Waals surface area contributed by atoms with E-state index in [9.17, 15) is 8.78 Å². The SMILES string of the molecule is Fc1ccc(F)c(Cn2ccc3cc(Cl)ccc32)c1. The van der Waals surface area contributed by atoms with Crippen LogP contribution >= 0.6 is 11.6 Å². The Bertz CT molecular complexity index is 749. The molecule has 0 radical (unpaired) electrons. The van der Waals surface area contributed by atoms with Crippen LogP contribution in [0.5, 0.6) is 0 Å². The standard InChI is InChI=1S/C15H10ClF2N/c16-12-1-4-15-10(7-12)5-6-19(15)9-11-8-13(17)2-3-14(11)18/h1-8H,9H2. The number of hydrogen-bond donors (Lipinski definition) is 0. The summed E-state index contributed by atoms with van der Waals surface area (Å²) in [6.07, 6.45) is 1.84. The molecule has 1 nitrogen and oxygen atoms in total. The van der Waals surface area contributed by atoms with Crippen LogP contribution in [0.4, 0.5) is 8.78 Å². The Kier molecular flexibility index (Phi) is 2.99. The Labute approximate surface area is 114 Å². The molecule has 1 heterocycles. The second-order valence-electron chi connectivity index (χ2n) is 4.38. The van der Waals surface area contributed by atoms with E-state index in [0.717, 1.165) is 23.0 Å². The first-order valence-corrected chi connectivity index (χ1v) is 6.19. The fraction of sp³-hybridized carbons (Fsp3) is 0.0667. The molecule has 0 saturated heterocycles. The predicted octanol–water partition coefficient (Wildman–Crippen LogP) is 4.62. The molecule has 2 aromatic carbocycles. The Morgan fingerprint density at radius 1 is 1.00 bits per heavy atom. The molecule has 4 heteroatoms. The second-order valence-corrected chi connectivity index (χ2v) is 4.82. The van der Waals surface area contributed by atoms with Gasteiger partial charge in [-0.05, 0) is 42.5 Å². The number of hydrogen-bond acceptors (Lipinski definition) is 0. The molecule has 0 fully saturated rings. The molecule has 0 N–H and O–H groups in total. The van der Waals surface area contributed by atoms with Gasteiger partial charge in [-0.15, -0.1) is 0 Å². The van der Waals surface area contributed by atoms with Gasteiger partial charge in [0.25, 0.3) is 0 Å². The molecule has 96 valence electrons. The zero-order valence-electron chi connectivity index (χ0n) is 9.91. The Morgan fingerprint density at radius 3 is 2.68 bits per heavy atom. The highest BCUT2D eigenvalue weighted by molar-refractivity contribution is 6.31. The van der Waals surface area contributed by atoms with E-state index in [4.69, 9.17) is 11.6 Å². The molecular weight excluding hydrogens is 268 g/mol. The zero-order valence-corrected chi connectivity index (χ0v) is 10.7. The average Bonchev–Trinajstić information content (AvgIpc) is 2.76. The summed E-state index contributed by atoms with van der Waals surface area (Å²) in [4.78, 5) is 0. The highest BCUT2D eigenvalue weighted by Crippen LogP contribution is 2.22. The van der Waals surface area contributed by atoms with E-state index in [1.54, 1.807) is 6.07 Å². The zero-order chi connectivity index (χ0) is 13.4. The van der Waals surface area contributed by atoms with Crippen molar-refractivity contribution in [3.05, 3.63) is 70.9 Å². The van der Waals surface area contributed by atoms with Gasteiger partial charge in [-0.25, -0.2) is 8.78 Å². The first-order valence-electron chi connectivity index (χ1n) is 5.82. The third-order valence-electron chi connectivity index (χ3n) is 3.08. The van der Waals surface area contributed by atoms with E-state index in [0.29, 0.717) is 10.6 Å². The summed E-state index contributed by atoms with van der Waals surface area (Å²) in [5.41, 5.74) is 1.26. The van der Waals surface area contributed by atoms with Gasteiger partial charge in [-0.1, -0.05) is 11.6 Å². The van der Waals surface area contributed by atoms with Crippen molar-refractivity contribution >= 4 is 22.5 Å². The van der Waals surface area contributed by atoms with Crippen molar-refractivity contribution in [1.82, 2.24) is 4.57 Å². The minimum atomic E-state index is -0.434. The lowest BCUT2D eigenvalue weighted by Gasteiger charge is -2.07. The van der Waals surface area contributed by atoms with Crippen LogP contribution in [0.1, 0.15) is 5.56 Å². The van der Waals surface area contributed by atoms with Gasteiger partial charge in [0.05, 0.1) is 6.54 Å². The molecule has 0 spiro atoms. The molecule has 0 unspecified atom stereocenters. The Balaban J connectivity index is 2.03. The Morgan fingerprint density at radius 2 is 1.84 bits per heavy atom. The molecule has 0 atom stereocenters. The molecule has 3 rings (SSSR count). The lowest BCUT2D eigenvalue weighted by molar-refractivity contribution is 0.579. The molecule has 19 heavy (non-hydrogen) atoms. The van der Waals surface area contributed by atoms with Crippen molar-refractivity contribution in [2.24, 2.45) is 0 Å². The van der Waals surface area contributed by atoms with Crippen molar-refractivity contribution < 1.29 is 8.78 Å². The maximum absolute atomic E-state index is 13.6. The summed E-state index contributed by atoms with van der Waals surface area (Å²) in [7, 11) is 0. The van der Waals surface area contributed by atoms with Gasteiger partial charge in [0.2, 0.25) is 0 Å². The highest BCUT2D eigenvalue weighted by Gasteiger charge is 2.07. The Hall–Kier alpha value is -1.87. The summed E-state index contributed by atoms with van der Waals surface area (Å²) >= 11 is 5.92. The number of nitrogens with zero attached hydrogens (tertiary/aromatic N) is 1. The maximum Gasteiger partial charge on any atom is 0.128 e. The first kappa shape index (κ1) is 12.2. The van der Waals surface area contributed by atoms with E-state index in [-0.39, 0.29) is 6.54 Å². The molecule has 0 aliphatic heterocycles. The first-order chi connectivity index (χ1) is 9.13. The number of fused-ring (bicyclic) bond motifs is 1. The van der Waals surface area contributed by atoms with E-state index >= 15 is 0 Å². The van der Waals surface area contributed by atoms with Crippen molar-refractivity contribution in [2.75, 3.05) is 0 Å². The van der Waals surface area contributed by atoms with Gasteiger partial charge in [0.15, 0.2) is 0 Å². The normalized spacial score (nSPS) is 11.1. The van der Waals surface area contributed by atoms with Gasteiger partial charge in [-0.3, -0.25) is 0 Å². The van der Waals surface area contributed by atoms with Crippen LogP contribution < -0.4 is 0 Å². The summed E-state index contributed by atoms with van der Waals surface area (Å²) < 4.78 is 28.6. The fourth-order valence-corrected chi connectivity index (χ4v) is 2.34. The predicted molar refractivity (Wildman–Crippen MR) is 72.4 cm³/mol. The third-order valence-corrected chi connectivity index (χ3v) is 3.32. The van der Waals surface area contributed by atoms with E-state index in [1.165, 1.54) is 6.07 Å². The third kappa shape index (κ3) is 2.34. The largest absolute Gasteiger partial charge is 0.343 e. The molecule has 0 bridgehead atoms. The number of halogens is 3. The van der Waals surface area contributed by atoms with Gasteiger partial charge < -0.3 is 4.57 Å². The monoisotopic (exact) mass is 277 g/mol. The van der Waals surface area contributed by atoms with Gasteiger partial charge in [0.1, 0.15) is 11.6 Å². The summed E-state index contributed by atoms with van der Waals surface area (Å²) in [6, 6.07) is 10.9. The minimum Gasteiger partial charge on any atom is -0.343 e. The van der Waals surface area contributed by atoms with Crippen molar-refractivity contribution in [1.29, 1.82) is 0 Å².